The van der Waals surface area contributed by atoms with Crippen LogP contribution >= 0.6 is 0 Å². The smallest absolute Gasteiger partial charge is 0.202 e. The number of imidazole rings is 1. The Hall–Kier alpha value is -2.04. The molecule has 0 spiro atoms. The minimum absolute atomic E-state index is 0.0699. The van der Waals surface area contributed by atoms with Gasteiger partial charge in [-0.2, -0.15) is 0 Å². The molecule has 0 fully saturated rings. The van der Waals surface area contributed by atoms with Gasteiger partial charge in [0, 0.05) is 31.9 Å². The van der Waals surface area contributed by atoms with Crippen molar-refractivity contribution in [2.24, 2.45) is 7.05 Å². The van der Waals surface area contributed by atoms with E-state index in [0.717, 1.165) is 18.2 Å². The van der Waals surface area contributed by atoms with Crippen molar-refractivity contribution in [3.05, 3.63) is 53.6 Å². The third-order valence-corrected chi connectivity index (χ3v) is 2.36. The summed E-state index contributed by atoms with van der Waals surface area (Å²) in [5, 5.41) is 0. The number of carbonyl (C=O) groups excluding carboxylic acids is 1. The van der Waals surface area contributed by atoms with Gasteiger partial charge in [0.2, 0.25) is 5.78 Å². The van der Waals surface area contributed by atoms with Gasteiger partial charge in [-0.1, -0.05) is 0 Å². The molecule has 1 heterocycles. The van der Waals surface area contributed by atoms with Crippen LogP contribution in [0.3, 0.4) is 0 Å². The molecular formula is C12H10F2N2O. The van der Waals surface area contributed by atoms with Gasteiger partial charge in [0.05, 0.1) is 0 Å². The van der Waals surface area contributed by atoms with Gasteiger partial charge in [0.15, 0.2) is 5.82 Å². The predicted octanol–water partition coefficient (Wildman–Crippen LogP) is 2.12. The summed E-state index contributed by atoms with van der Waals surface area (Å²) in [7, 11) is 1.69. The van der Waals surface area contributed by atoms with Crippen LogP contribution in [0.1, 0.15) is 16.2 Å². The summed E-state index contributed by atoms with van der Waals surface area (Å²) in [5.41, 5.74) is 0.301. The quantitative estimate of drug-likeness (QED) is 0.765. The molecule has 5 heteroatoms. The van der Waals surface area contributed by atoms with E-state index in [2.05, 4.69) is 4.98 Å². The van der Waals surface area contributed by atoms with Gasteiger partial charge in [-0.25, -0.2) is 13.8 Å². The highest BCUT2D eigenvalue weighted by atomic mass is 19.1. The monoisotopic (exact) mass is 236 g/mol. The Bertz CT molecular complexity index is 543. The van der Waals surface area contributed by atoms with Crippen molar-refractivity contribution < 1.29 is 13.6 Å². The number of nitrogens with zero attached hydrogens (tertiary/aromatic N) is 2. The number of aromatic nitrogens is 2. The lowest BCUT2D eigenvalue weighted by Gasteiger charge is -2.02. The Morgan fingerprint density at radius 2 is 1.94 bits per heavy atom. The van der Waals surface area contributed by atoms with E-state index in [1.807, 2.05) is 0 Å². The van der Waals surface area contributed by atoms with Gasteiger partial charge in [0.25, 0.3) is 0 Å². The fraction of sp³-hybridized carbons (Fsp3) is 0.167. The Morgan fingerprint density at radius 1 is 1.29 bits per heavy atom. The number of hydrogen-bond donors (Lipinski definition) is 0. The zero-order valence-electron chi connectivity index (χ0n) is 9.15. The second-order valence-corrected chi connectivity index (χ2v) is 3.74. The molecule has 0 saturated carbocycles. The SMILES string of the molecule is Cn1ccnc1C(=O)Cc1cc(F)cc(F)c1. The highest BCUT2D eigenvalue weighted by Crippen LogP contribution is 2.10. The molecule has 3 nitrogen and oxygen atoms in total. The summed E-state index contributed by atoms with van der Waals surface area (Å²) < 4.78 is 27.4. The van der Waals surface area contributed by atoms with Crippen LogP contribution in [-0.2, 0) is 13.5 Å². The van der Waals surface area contributed by atoms with E-state index >= 15 is 0 Å². The molecule has 17 heavy (non-hydrogen) atoms. The molecule has 2 aromatic rings. The van der Waals surface area contributed by atoms with Crippen LogP contribution in [-0.4, -0.2) is 15.3 Å². The number of carbonyl (C=O) groups is 1. The first-order chi connectivity index (χ1) is 8.06. The molecule has 0 bridgehead atoms. The number of hydrogen-bond acceptors (Lipinski definition) is 2. The maximum Gasteiger partial charge on any atom is 0.202 e. The van der Waals surface area contributed by atoms with Crippen molar-refractivity contribution in [3.63, 3.8) is 0 Å². The van der Waals surface area contributed by atoms with Gasteiger partial charge < -0.3 is 4.57 Å². The fourth-order valence-electron chi connectivity index (χ4n) is 1.61. The fourth-order valence-corrected chi connectivity index (χ4v) is 1.61. The lowest BCUT2D eigenvalue weighted by molar-refractivity contribution is 0.0980. The molecule has 0 aliphatic carbocycles. The van der Waals surface area contributed by atoms with E-state index in [9.17, 15) is 13.6 Å². The maximum atomic E-state index is 12.9. The normalized spacial score (nSPS) is 10.5. The molecule has 0 unspecified atom stereocenters. The number of aryl methyl sites for hydroxylation is 1. The van der Waals surface area contributed by atoms with Crippen LogP contribution in [0.5, 0.6) is 0 Å². The molecule has 88 valence electrons. The molecule has 0 atom stereocenters. The average Bonchev–Trinajstić information content (AvgIpc) is 2.62. The van der Waals surface area contributed by atoms with Crippen LogP contribution in [0, 0.1) is 11.6 Å². The first kappa shape index (κ1) is 11.4. The van der Waals surface area contributed by atoms with E-state index in [-0.39, 0.29) is 18.0 Å². The summed E-state index contributed by atoms with van der Waals surface area (Å²) >= 11 is 0. The minimum atomic E-state index is -0.687. The summed E-state index contributed by atoms with van der Waals surface area (Å²) in [6, 6.07) is 3.06. The lowest BCUT2D eigenvalue weighted by Crippen LogP contribution is -2.10. The highest BCUT2D eigenvalue weighted by Gasteiger charge is 2.12. The maximum absolute atomic E-state index is 12.9. The first-order valence-electron chi connectivity index (χ1n) is 5.02. The van der Waals surface area contributed by atoms with E-state index in [0.29, 0.717) is 5.56 Å². The van der Waals surface area contributed by atoms with Crippen molar-refractivity contribution in [3.8, 4) is 0 Å². The molecular weight excluding hydrogens is 226 g/mol. The van der Waals surface area contributed by atoms with Crippen LogP contribution in [0.25, 0.3) is 0 Å². The van der Waals surface area contributed by atoms with E-state index < -0.39 is 11.6 Å². The number of rotatable bonds is 3. The van der Waals surface area contributed by atoms with Crippen LogP contribution in [0.2, 0.25) is 0 Å². The molecule has 1 aromatic heterocycles. The summed E-state index contributed by atoms with van der Waals surface area (Å²) in [5.74, 6) is -1.38. The first-order valence-corrected chi connectivity index (χ1v) is 5.02. The molecule has 0 saturated heterocycles. The zero-order chi connectivity index (χ0) is 12.4. The Kier molecular flexibility index (Phi) is 2.99. The van der Waals surface area contributed by atoms with E-state index in [1.165, 1.54) is 6.20 Å². The Labute approximate surface area is 96.7 Å². The van der Waals surface area contributed by atoms with Gasteiger partial charge in [0.1, 0.15) is 11.6 Å². The Morgan fingerprint density at radius 3 is 2.47 bits per heavy atom. The standard InChI is InChI=1S/C12H10F2N2O/c1-16-3-2-15-12(16)11(17)6-8-4-9(13)7-10(14)5-8/h2-5,7H,6H2,1H3. The van der Waals surface area contributed by atoms with Crippen molar-refractivity contribution >= 4 is 5.78 Å². The molecule has 0 aliphatic rings. The van der Waals surface area contributed by atoms with Gasteiger partial charge in [-0.3, -0.25) is 4.79 Å². The van der Waals surface area contributed by atoms with Gasteiger partial charge in [-0.05, 0) is 17.7 Å². The third-order valence-electron chi connectivity index (χ3n) is 2.36. The van der Waals surface area contributed by atoms with Gasteiger partial charge >= 0.3 is 0 Å². The van der Waals surface area contributed by atoms with Crippen molar-refractivity contribution in [1.29, 1.82) is 0 Å². The number of benzene rings is 1. The number of Topliss-reactive ketones (excluding diaryl/α,β-unsaturated/α-hetero) is 1. The molecule has 1 aromatic carbocycles. The minimum Gasteiger partial charge on any atom is -0.332 e. The molecule has 2 rings (SSSR count). The van der Waals surface area contributed by atoms with Crippen molar-refractivity contribution in [1.82, 2.24) is 9.55 Å². The Balaban J connectivity index is 2.21. The topological polar surface area (TPSA) is 34.9 Å². The van der Waals surface area contributed by atoms with Crippen LogP contribution < -0.4 is 0 Å². The average molecular weight is 236 g/mol. The summed E-state index contributed by atoms with van der Waals surface area (Å²) in [4.78, 5) is 15.7. The highest BCUT2D eigenvalue weighted by molar-refractivity contribution is 5.94. The van der Waals surface area contributed by atoms with E-state index in [4.69, 9.17) is 0 Å². The molecule has 0 N–H and O–H groups in total. The van der Waals surface area contributed by atoms with Gasteiger partial charge in [-0.15, -0.1) is 0 Å². The van der Waals surface area contributed by atoms with Crippen LogP contribution in [0.15, 0.2) is 30.6 Å². The molecule has 0 amide bonds. The van der Waals surface area contributed by atoms with Crippen molar-refractivity contribution in [2.45, 2.75) is 6.42 Å². The predicted molar refractivity (Wildman–Crippen MR) is 57.6 cm³/mol. The largest absolute Gasteiger partial charge is 0.332 e. The number of ketones is 1. The van der Waals surface area contributed by atoms with Crippen LogP contribution in [0.4, 0.5) is 8.78 Å². The van der Waals surface area contributed by atoms with E-state index in [1.54, 1.807) is 17.8 Å². The zero-order valence-corrected chi connectivity index (χ0v) is 9.15. The van der Waals surface area contributed by atoms with Crippen molar-refractivity contribution in [2.75, 3.05) is 0 Å². The second-order valence-electron chi connectivity index (χ2n) is 3.74. The lowest BCUT2D eigenvalue weighted by atomic mass is 10.1. The molecule has 0 radical (unpaired) electrons. The summed E-state index contributed by atoms with van der Waals surface area (Å²) in [6.45, 7) is 0. The third kappa shape index (κ3) is 2.55. The number of halogens is 2. The molecule has 0 aliphatic heterocycles. The summed E-state index contributed by atoms with van der Waals surface area (Å²) in [6.07, 6.45) is 3.07. The second kappa shape index (κ2) is 4.45.